The Hall–Kier alpha value is -4.46. The van der Waals surface area contributed by atoms with E-state index in [1.807, 2.05) is 0 Å². The Morgan fingerprint density at radius 2 is 1.80 bits per heavy atom. The summed E-state index contributed by atoms with van der Waals surface area (Å²) in [4.78, 5) is 33.5. The van der Waals surface area contributed by atoms with Crippen LogP contribution in [0.3, 0.4) is 0 Å². The number of rotatable bonds is 7. The van der Waals surface area contributed by atoms with Crippen LogP contribution < -0.4 is 10.1 Å². The number of para-hydroxylation sites is 1. The molecule has 3 aromatic rings. The molecular formula is C23H14Cl2N4O6. The Morgan fingerprint density at radius 1 is 1.09 bits per heavy atom. The second-order valence-corrected chi connectivity index (χ2v) is 7.86. The Kier molecular flexibility index (Phi) is 7.66. The van der Waals surface area contributed by atoms with Gasteiger partial charge < -0.3 is 10.1 Å². The second-order valence-electron chi connectivity index (χ2n) is 7.01. The molecule has 0 aliphatic carbocycles. The van der Waals surface area contributed by atoms with Gasteiger partial charge in [-0.1, -0.05) is 41.4 Å². The highest BCUT2D eigenvalue weighted by molar-refractivity contribution is 6.36. The molecule has 0 bridgehead atoms. The predicted octanol–water partition coefficient (Wildman–Crippen LogP) is 6.46. The zero-order valence-corrected chi connectivity index (χ0v) is 19.3. The van der Waals surface area contributed by atoms with Gasteiger partial charge in [0.25, 0.3) is 11.6 Å². The van der Waals surface area contributed by atoms with Crippen LogP contribution in [-0.4, -0.2) is 15.8 Å². The molecule has 0 saturated heterocycles. The molecule has 0 unspecified atom stereocenters. The molecule has 0 saturated carbocycles. The van der Waals surface area contributed by atoms with Crippen molar-refractivity contribution >= 4 is 52.2 Å². The van der Waals surface area contributed by atoms with Crippen molar-refractivity contribution in [2.75, 3.05) is 5.32 Å². The highest BCUT2D eigenvalue weighted by atomic mass is 35.5. The molecule has 0 aliphatic heterocycles. The van der Waals surface area contributed by atoms with Crippen molar-refractivity contribution in [2.24, 2.45) is 0 Å². The van der Waals surface area contributed by atoms with E-state index in [0.717, 1.165) is 29.8 Å². The standard InChI is InChI=1S/C23H14Cl2N4O6/c1-13-4-2-3-5-19(13)27-23(30)15(12-26)8-14-9-16(24)10-18(25)22(14)35-21-7-6-17(28(31)32)11-20(21)29(33)34/h2-11H,1H3,(H,27,30)/b15-8+. The normalized spacial score (nSPS) is 10.9. The summed E-state index contributed by atoms with van der Waals surface area (Å²) < 4.78 is 5.64. The van der Waals surface area contributed by atoms with Crippen LogP contribution in [0, 0.1) is 38.5 Å². The molecule has 0 aromatic heterocycles. The Labute approximate surface area is 208 Å². The molecule has 0 radical (unpaired) electrons. The summed E-state index contributed by atoms with van der Waals surface area (Å²) in [5.74, 6) is -1.21. The number of nitro benzene ring substituents is 2. The highest BCUT2D eigenvalue weighted by Gasteiger charge is 2.23. The van der Waals surface area contributed by atoms with Crippen LogP contribution in [0.4, 0.5) is 17.1 Å². The number of benzene rings is 3. The van der Waals surface area contributed by atoms with Gasteiger partial charge in [0, 0.05) is 22.3 Å². The van der Waals surface area contributed by atoms with Crippen LogP contribution >= 0.6 is 23.2 Å². The lowest BCUT2D eigenvalue weighted by Gasteiger charge is -2.12. The quantitative estimate of drug-likeness (QED) is 0.165. The van der Waals surface area contributed by atoms with Gasteiger partial charge in [-0.3, -0.25) is 25.0 Å². The lowest BCUT2D eigenvalue weighted by Crippen LogP contribution is -2.14. The molecule has 3 aromatic carbocycles. The number of ether oxygens (including phenoxy) is 1. The molecule has 35 heavy (non-hydrogen) atoms. The molecule has 1 N–H and O–H groups in total. The monoisotopic (exact) mass is 512 g/mol. The summed E-state index contributed by atoms with van der Waals surface area (Å²) in [5, 5.41) is 34.7. The molecule has 176 valence electrons. The Balaban J connectivity index is 2.05. The number of nitrogens with one attached hydrogen (secondary N) is 1. The van der Waals surface area contributed by atoms with E-state index in [1.54, 1.807) is 37.3 Å². The van der Waals surface area contributed by atoms with Gasteiger partial charge in [0.15, 0.2) is 5.75 Å². The highest BCUT2D eigenvalue weighted by Crippen LogP contribution is 2.41. The fourth-order valence-corrected chi connectivity index (χ4v) is 3.51. The molecule has 3 rings (SSSR count). The van der Waals surface area contributed by atoms with Gasteiger partial charge in [-0.2, -0.15) is 5.26 Å². The first kappa shape index (κ1) is 25.2. The smallest absolute Gasteiger partial charge is 0.318 e. The summed E-state index contributed by atoms with van der Waals surface area (Å²) >= 11 is 12.3. The summed E-state index contributed by atoms with van der Waals surface area (Å²) in [6.45, 7) is 1.78. The number of hydrogen-bond acceptors (Lipinski definition) is 7. The first-order valence-electron chi connectivity index (χ1n) is 9.69. The fourth-order valence-electron chi connectivity index (χ4n) is 2.96. The van der Waals surface area contributed by atoms with E-state index in [2.05, 4.69) is 5.32 Å². The van der Waals surface area contributed by atoms with E-state index in [4.69, 9.17) is 27.9 Å². The minimum Gasteiger partial charge on any atom is -0.448 e. The van der Waals surface area contributed by atoms with Crippen LogP contribution in [0.15, 0.2) is 60.2 Å². The maximum atomic E-state index is 12.7. The SMILES string of the molecule is Cc1ccccc1NC(=O)/C(C#N)=C/c1cc(Cl)cc(Cl)c1Oc1ccc([N+](=O)[O-])cc1[N+](=O)[O-]. The molecule has 0 spiro atoms. The fraction of sp³-hybridized carbons (Fsp3) is 0.0435. The number of aryl methyl sites for hydroxylation is 1. The van der Waals surface area contributed by atoms with Crippen molar-refractivity contribution in [1.82, 2.24) is 0 Å². The number of carbonyl (C=O) groups excluding carboxylic acids is 1. The second kappa shape index (κ2) is 10.6. The summed E-state index contributed by atoms with van der Waals surface area (Å²) in [6, 6.07) is 14.2. The van der Waals surface area contributed by atoms with Crippen molar-refractivity contribution in [3.63, 3.8) is 0 Å². The van der Waals surface area contributed by atoms with E-state index in [-0.39, 0.29) is 32.7 Å². The molecule has 0 aliphatic rings. The van der Waals surface area contributed by atoms with Crippen molar-refractivity contribution in [3.05, 3.63) is 102 Å². The first-order chi connectivity index (χ1) is 16.6. The number of hydrogen-bond donors (Lipinski definition) is 1. The summed E-state index contributed by atoms with van der Waals surface area (Å²) in [5.41, 5.74) is -0.163. The lowest BCUT2D eigenvalue weighted by molar-refractivity contribution is -0.394. The van der Waals surface area contributed by atoms with E-state index in [1.165, 1.54) is 12.1 Å². The third-order valence-corrected chi connectivity index (χ3v) is 5.16. The minimum atomic E-state index is -0.849. The van der Waals surface area contributed by atoms with Gasteiger partial charge in [0.2, 0.25) is 5.75 Å². The number of halogens is 2. The molecule has 0 fully saturated rings. The Morgan fingerprint density at radius 3 is 2.43 bits per heavy atom. The van der Waals surface area contributed by atoms with Crippen LogP contribution in [-0.2, 0) is 4.79 Å². The predicted molar refractivity (Wildman–Crippen MR) is 130 cm³/mol. The van der Waals surface area contributed by atoms with E-state index < -0.39 is 27.1 Å². The van der Waals surface area contributed by atoms with Crippen LogP contribution in [0.1, 0.15) is 11.1 Å². The van der Waals surface area contributed by atoms with Crippen LogP contribution in [0.2, 0.25) is 10.0 Å². The third kappa shape index (κ3) is 5.92. The van der Waals surface area contributed by atoms with Crippen molar-refractivity contribution in [1.29, 1.82) is 5.26 Å². The molecule has 0 atom stereocenters. The van der Waals surface area contributed by atoms with Crippen LogP contribution in [0.25, 0.3) is 6.08 Å². The minimum absolute atomic E-state index is 0.0756. The lowest BCUT2D eigenvalue weighted by atomic mass is 10.1. The van der Waals surface area contributed by atoms with Crippen molar-refractivity contribution < 1.29 is 19.4 Å². The summed E-state index contributed by atoms with van der Waals surface area (Å²) in [7, 11) is 0. The van der Waals surface area contributed by atoms with Crippen molar-refractivity contribution in [3.8, 4) is 17.6 Å². The van der Waals surface area contributed by atoms with Gasteiger partial charge in [-0.25, -0.2) is 0 Å². The van der Waals surface area contributed by atoms with Gasteiger partial charge in [-0.15, -0.1) is 0 Å². The third-order valence-electron chi connectivity index (χ3n) is 4.66. The number of non-ortho nitro benzene ring substituents is 1. The zero-order valence-electron chi connectivity index (χ0n) is 17.8. The largest absolute Gasteiger partial charge is 0.448 e. The average molecular weight is 513 g/mol. The maximum absolute atomic E-state index is 12.7. The maximum Gasteiger partial charge on any atom is 0.318 e. The van der Waals surface area contributed by atoms with Gasteiger partial charge in [0.05, 0.1) is 20.9 Å². The molecule has 12 heteroatoms. The average Bonchev–Trinajstić information content (AvgIpc) is 2.80. The number of nitrogens with zero attached hydrogens (tertiary/aromatic N) is 3. The van der Waals surface area contributed by atoms with E-state index in [0.29, 0.717) is 5.69 Å². The molecular weight excluding hydrogens is 499 g/mol. The molecule has 1 amide bonds. The Bertz CT molecular complexity index is 1430. The number of carbonyl (C=O) groups is 1. The van der Waals surface area contributed by atoms with Crippen molar-refractivity contribution in [2.45, 2.75) is 6.92 Å². The number of nitriles is 1. The summed E-state index contributed by atoms with van der Waals surface area (Å²) in [6.07, 6.45) is 1.16. The molecule has 10 nitrogen and oxygen atoms in total. The number of amides is 1. The number of nitro groups is 2. The van der Waals surface area contributed by atoms with Gasteiger partial charge in [0.1, 0.15) is 11.6 Å². The topological polar surface area (TPSA) is 148 Å². The first-order valence-corrected chi connectivity index (χ1v) is 10.4. The zero-order chi connectivity index (χ0) is 25.7. The van der Waals surface area contributed by atoms with Gasteiger partial charge >= 0.3 is 5.69 Å². The van der Waals surface area contributed by atoms with Gasteiger partial charge in [-0.05, 0) is 42.8 Å². The molecule has 0 heterocycles. The number of anilines is 1. The van der Waals surface area contributed by atoms with E-state index >= 15 is 0 Å². The van der Waals surface area contributed by atoms with Crippen LogP contribution in [0.5, 0.6) is 11.5 Å². The van der Waals surface area contributed by atoms with E-state index in [9.17, 15) is 30.3 Å².